The average molecular weight is 550 g/mol. The van der Waals surface area contributed by atoms with E-state index < -0.39 is 29.1 Å². The Bertz CT molecular complexity index is 1220. The van der Waals surface area contributed by atoms with Crippen LogP contribution in [0.25, 0.3) is 6.08 Å². The highest BCUT2D eigenvalue weighted by atomic mass is 16.5. The first-order valence-corrected chi connectivity index (χ1v) is 14.2. The third-order valence-corrected chi connectivity index (χ3v) is 8.13. The molecule has 2 atom stereocenters. The fourth-order valence-corrected chi connectivity index (χ4v) is 5.31. The molecule has 2 aromatic rings. The lowest BCUT2D eigenvalue weighted by molar-refractivity contribution is -0.160. The number of Topliss-reactive ketones (excluding diaryl/α,β-unsaturated/α-hetero) is 1. The van der Waals surface area contributed by atoms with Crippen molar-refractivity contribution in [2.24, 2.45) is 11.3 Å². The number of aryl methyl sites for hydroxylation is 2. The van der Waals surface area contributed by atoms with Crippen molar-refractivity contribution in [3.8, 4) is 11.5 Å². The van der Waals surface area contributed by atoms with Crippen LogP contribution in [0.1, 0.15) is 69.6 Å². The maximum Gasteiger partial charge on any atom is 0.326 e. The van der Waals surface area contributed by atoms with Gasteiger partial charge in [0.2, 0.25) is 5.78 Å². The van der Waals surface area contributed by atoms with Crippen LogP contribution >= 0.6 is 0 Å². The summed E-state index contributed by atoms with van der Waals surface area (Å²) in [4.78, 5) is 39.5. The lowest BCUT2D eigenvalue weighted by Crippen LogP contribution is -2.56. The van der Waals surface area contributed by atoms with Crippen LogP contribution in [-0.4, -0.2) is 54.5 Å². The third-order valence-electron chi connectivity index (χ3n) is 8.13. The molecule has 1 N–H and O–H groups in total. The first-order valence-electron chi connectivity index (χ1n) is 14.2. The zero-order chi connectivity index (χ0) is 29.3. The number of benzene rings is 2. The number of piperidine rings is 1. The van der Waals surface area contributed by atoms with Crippen molar-refractivity contribution in [1.82, 2.24) is 4.90 Å². The Balaban J connectivity index is 1.68. The standard InChI is InChI=1S/C33H43NO6/c1-6-33(2,3)30(35)31(36)34-21-11-18-25(29(34)32(37)38)16-9-14-23-12-7-8-13-24(23)15-10-17-26-22-27(39-4)19-20-28(26)40-5/h7-9,12-14,19-20,22,25,29H,6,10-11,15-18,21H2,1-5H3,(H,37,38). The number of carbonyl (C=O) groups excluding carboxylic acids is 2. The minimum absolute atomic E-state index is 0.253. The summed E-state index contributed by atoms with van der Waals surface area (Å²) in [6.07, 6.45) is 9.11. The van der Waals surface area contributed by atoms with Gasteiger partial charge in [0, 0.05) is 12.0 Å². The Labute approximate surface area is 238 Å². The van der Waals surface area contributed by atoms with E-state index in [4.69, 9.17) is 9.47 Å². The van der Waals surface area contributed by atoms with Crippen LogP contribution < -0.4 is 9.47 Å². The highest BCUT2D eigenvalue weighted by Crippen LogP contribution is 2.31. The highest BCUT2D eigenvalue weighted by molar-refractivity contribution is 6.38. The molecule has 1 aliphatic heterocycles. The maximum atomic E-state index is 13.1. The van der Waals surface area contributed by atoms with Gasteiger partial charge in [-0.1, -0.05) is 57.2 Å². The number of rotatable bonds is 13. The predicted octanol–water partition coefficient (Wildman–Crippen LogP) is 5.98. The molecule has 0 aliphatic carbocycles. The van der Waals surface area contributed by atoms with Crippen LogP contribution in [0, 0.1) is 11.3 Å². The smallest absolute Gasteiger partial charge is 0.326 e. The van der Waals surface area contributed by atoms with E-state index in [2.05, 4.69) is 12.1 Å². The number of likely N-dealkylation sites (tertiary alicyclic amines) is 1. The summed E-state index contributed by atoms with van der Waals surface area (Å²) < 4.78 is 10.9. The third kappa shape index (κ3) is 7.52. The van der Waals surface area contributed by atoms with E-state index in [1.54, 1.807) is 28.1 Å². The second-order valence-corrected chi connectivity index (χ2v) is 11.1. The molecular weight excluding hydrogens is 506 g/mol. The van der Waals surface area contributed by atoms with Gasteiger partial charge < -0.3 is 19.5 Å². The molecule has 0 aromatic heterocycles. The molecule has 2 aromatic carbocycles. The van der Waals surface area contributed by atoms with Crippen molar-refractivity contribution in [2.75, 3.05) is 20.8 Å². The molecule has 216 valence electrons. The molecule has 1 aliphatic rings. The van der Waals surface area contributed by atoms with Gasteiger partial charge in [-0.15, -0.1) is 0 Å². The number of carbonyl (C=O) groups is 3. The lowest BCUT2D eigenvalue weighted by atomic mass is 9.82. The number of allylic oxidation sites excluding steroid dienone is 1. The molecule has 1 amide bonds. The van der Waals surface area contributed by atoms with Crippen LogP contribution in [0.15, 0.2) is 48.5 Å². The van der Waals surface area contributed by atoms with Crippen LogP contribution in [0.3, 0.4) is 0 Å². The van der Waals surface area contributed by atoms with E-state index in [1.165, 1.54) is 10.5 Å². The normalized spacial score (nSPS) is 17.6. The molecule has 0 saturated carbocycles. The molecule has 1 fully saturated rings. The van der Waals surface area contributed by atoms with Crippen molar-refractivity contribution in [3.05, 3.63) is 65.2 Å². The first-order chi connectivity index (χ1) is 19.1. The van der Waals surface area contributed by atoms with Gasteiger partial charge in [0.15, 0.2) is 0 Å². The Kier molecular flexibility index (Phi) is 10.9. The van der Waals surface area contributed by atoms with Crippen molar-refractivity contribution >= 4 is 23.7 Å². The quantitative estimate of drug-likeness (QED) is 0.309. The second-order valence-electron chi connectivity index (χ2n) is 11.1. The van der Waals surface area contributed by atoms with E-state index in [-0.39, 0.29) is 5.92 Å². The van der Waals surface area contributed by atoms with Gasteiger partial charge in [0.1, 0.15) is 17.5 Å². The van der Waals surface area contributed by atoms with Crippen molar-refractivity contribution < 1.29 is 29.0 Å². The van der Waals surface area contributed by atoms with Gasteiger partial charge in [0.25, 0.3) is 5.91 Å². The minimum atomic E-state index is -1.05. The zero-order valence-electron chi connectivity index (χ0n) is 24.4. The van der Waals surface area contributed by atoms with Gasteiger partial charge in [-0.3, -0.25) is 9.59 Å². The van der Waals surface area contributed by atoms with Gasteiger partial charge in [0.05, 0.1) is 14.2 Å². The average Bonchev–Trinajstić information content (AvgIpc) is 2.96. The van der Waals surface area contributed by atoms with E-state index in [0.717, 1.165) is 41.9 Å². The van der Waals surface area contributed by atoms with Gasteiger partial charge in [-0.2, -0.15) is 0 Å². The number of carboxylic acid groups (broad SMARTS) is 1. The molecular formula is C33H43NO6. The molecule has 3 rings (SSSR count). The summed E-state index contributed by atoms with van der Waals surface area (Å²) in [7, 11) is 3.33. The summed E-state index contributed by atoms with van der Waals surface area (Å²) in [6.45, 7) is 5.62. The summed E-state index contributed by atoms with van der Waals surface area (Å²) >= 11 is 0. The summed E-state index contributed by atoms with van der Waals surface area (Å²) in [6, 6.07) is 13.0. The topological polar surface area (TPSA) is 93.1 Å². The number of amides is 1. The molecule has 40 heavy (non-hydrogen) atoms. The number of ketones is 1. The lowest BCUT2D eigenvalue weighted by Gasteiger charge is -2.39. The van der Waals surface area contributed by atoms with E-state index in [0.29, 0.717) is 32.2 Å². The number of hydrogen-bond acceptors (Lipinski definition) is 5. The molecule has 0 radical (unpaired) electrons. The molecule has 2 unspecified atom stereocenters. The maximum absolute atomic E-state index is 13.1. The van der Waals surface area contributed by atoms with Crippen LogP contribution in [-0.2, 0) is 27.2 Å². The van der Waals surface area contributed by atoms with Crippen molar-refractivity contribution in [1.29, 1.82) is 0 Å². The Morgan fingerprint density at radius 1 is 1.05 bits per heavy atom. The highest BCUT2D eigenvalue weighted by Gasteiger charge is 2.43. The molecule has 7 nitrogen and oxygen atoms in total. The van der Waals surface area contributed by atoms with Crippen molar-refractivity contribution in [2.45, 2.75) is 71.8 Å². The molecule has 1 heterocycles. The van der Waals surface area contributed by atoms with Gasteiger partial charge in [-0.05, 0) is 85.8 Å². The number of carboxylic acids is 1. The second kappa shape index (κ2) is 14.1. The fourth-order valence-electron chi connectivity index (χ4n) is 5.31. The molecule has 0 bridgehead atoms. The van der Waals surface area contributed by atoms with Crippen LogP contribution in [0.5, 0.6) is 11.5 Å². The molecule has 0 spiro atoms. The van der Waals surface area contributed by atoms with Gasteiger partial charge in [-0.25, -0.2) is 4.79 Å². The monoisotopic (exact) mass is 549 g/mol. The van der Waals surface area contributed by atoms with Crippen LogP contribution in [0.4, 0.5) is 0 Å². The summed E-state index contributed by atoms with van der Waals surface area (Å²) in [5.74, 6) is -0.843. The predicted molar refractivity (Wildman–Crippen MR) is 157 cm³/mol. The van der Waals surface area contributed by atoms with Crippen LogP contribution in [0.2, 0.25) is 0 Å². The van der Waals surface area contributed by atoms with E-state index in [1.807, 2.05) is 49.4 Å². The summed E-state index contributed by atoms with van der Waals surface area (Å²) in [5, 5.41) is 10.0. The number of hydrogen-bond donors (Lipinski definition) is 1. The zero-order valence-corrected chi connectivity index (χ0v) is 24.4. The fraction of sp³-hybridized carbons (Fsp3) is 0.485. The number of ether oxygens (including phenoxy) is 2. The first kappa shape index (κ1) is 30.9. The Morgan fingerprint density at radius 2 is 1.77 bits per heavy atom. The Hall–Kier alpha value is -3.61. The molecule has 7 heteroatoms. The number of aliphatic carboxylic acids is 1. The Morgan fingerprint density at radius 3 is 2.45 bits per heavy atom. The van der Waals surface area contributed by atoms with E-state index >= 15 is 0 Å². The minimum Gasteiger partial charge on any atom is -0.497 e. The SMILES string of the molecule is CCC(C)(C)C(=O)C(=O)N1CCCC(CC=Cc2ccccc2CCCc2cc(OC)ccc2OC)C1C(=O)O. The summed E-state index contributed by atoms with van der Waals surface area (Å²) in [5.41, 5.74) is 2.60. The number of nitrogens with zero attached hydrogens (tertiary/aromatic N) is 1. The van der Waals surface area contributed by atoms with Gasteiger partial charge >= 0.3 is 5.97 Å². The largest absolute Gasteiger partial charge is 0.497 e. The molecule has 1 saturated heterocycles. The van der Waals surface area contributed by atoms with Crippen molar-refractivity contribution in [3.63, 3.8) is 0 Å². The number of methoxy groups -OCH3 is 2. The van der Waals surface area contributed by atoms with E-state index in [9.17, 15) is 19.5 Å².